The van der Waals surface area contributed by atoms with Gasteiger partial charge in [0, 0.05) is 32.9 Å². The Morgan fingerprint density at radius 3 is 1.67 bits per heavy atom. The van der Waals surface area contributed by atoms with E-state index >= 15 is 0 Å². The average molecular weight is 235 g/mol. The molecule has 0 aromatic heterocycles. The molecule has 92 valence electrons. The summed E-state index contributed by atoms with van der Waals surface area (Å²) in [4.78, 5) is 0. The SMILES string of the molecule is CCC(N)(CC)CC[Si](OC)(OC)OC. The normalized spacial score (nSPS) is 13.2. The fourth-order valence-electron chi connectivity index (χ4n) is 1.56. The van der Waals surface area contributed by atoms with Crippen LogP contribution >= 0.6 is 0 Å². The third kappa shape index (κ3) is 4.20. The molecule has 0 atom stereocenters. The summed E-state index contributed by atoms with van der Waals surface area (Å²) in [7, 11) is 2.46. The van der Waals surface area contributed by atoms with Gasteiger partial charge < -0.3 is 19.0 Å². The molecule has 0 aromatic rings. The van der Waals surface area contributed by atoms with Gasteiger partial charge in [0.15, 0.2) is 0 Å². The van der Waals surface area contributed by atoms with Gasteiger partial charge in [-0.15, -0.1) is 0 Å². The molecule has 15 heavy (non-hydrogen) atoms. The molecule has 0 bridgehead atoms. The standard InChI is InChI=1S/C10H25NO3Si/c1-6-10(11,7-2)8-9-15(12-3,13-4)14-5/h6-9,11H2,1-5H3. The van der Waals surface area contributed by atoms with Crippen molar-refractivity contribution >= 4 is 8.80 Å². The van der Waals surface area contributed by atoms with Gasteiger partial charge in [0.1, 0.15) is 0 Å². The summed E-state index contributed by atoms with van der Waals surface area (Å²) in [5.41, 5.74) is 6.11. The Balaban J connectivity index is 4.32. The van der Waals surface area contributed by atoms with Crippen molar-refractivity contribution in [2.75, 3.05) is 21.3 Å². The fourth-order valence-corrected chi connectivity index (χ4v) is 3.48. The molecule has 0 aliphatic rings. The minimum Gasteiger partial charge on any atom is -0.377 e. The molecule has 0 fully saturated rings. The highest BCUT2D eigenvalue weighted by Gasteiger charge is 2.39. The molecule has 0 unspecified atom stereocenters. The summed E-state index contributed by atoms with van der Waals surface area (Å²) in [6.45, 7) is 4.22. The van der Waals surface area contributed by atoms with Crippen molar-refractivity contribution in [1.82, 2.24) is 0 Å². The summed E-state index contributed by atoms with van der Waals surface area (Å²) in [6, 6.07) is 0.773. The van der Waals surface area contributed by atoms with Crippen LogP contribution in [0.4, 0.5) is 0 Å². The molecular formula is C10H25NO3Si. The molecule has 0 saturated heterocycles. The van der Waals surface area contributed by atoms with E-state index < -0.39 is 8.80 Å². The second kappa shape index (κ2) is 6.60. The Morgan fingerprint density at radius 1 is 1.00 bits per heavy atom. The first-order valence-corrected chi connectivity index (χ1v) is 7.39. The predicted octanol–water partition coefficient (Wildman–Crippen LogP) is 1.77. The van der Waals surface area contributed by atoms with E-state index in [0.29, 0.717) is 0 Å². The van der Waals surface area contributed by atoms with Gasteiger partial charge in [0.2, 0.25) is 0 Å². The zero-order valence-electron chi connectivity index (χ0n) is 10.6. The monoisotopic (exact) mass is 235 g/mol. The van der Waals surface area contributed by atoms with Crippen molar-refractivity contribution in [3.05, 3.63) is 0 Å². The Kier molecular flexibility index (Phi) is 6.62. The molecule has 2 N–H and O–H groups in total. The topological polar surface area (TPSA) is 53.7 Å². The van der Waals surface area contributed by atoms with E-state index in [-0.39, 0.29) is 5.54 Å². The Bertz CT molecular complexity index is 162. The van der Waals surface area contributed by atoms with Gasteiger partial charge in [-0.05, 0) is 19.3 Å². The molecule has 0 spiro atoms. The molecule has 5 heteroatoms. The van der Waals surface area contributed by atoms with E-state index in [1.165, 1.54) is 0 Å². The van der Waals surface area contributed by atoms with Gasteiger partial charge in [0.05, 0.1) is 0 Å². The number of hydrogen-bond acceptors (Lipinski definition) is 4. The number of rotatable bonds is 8. The lowest BCUT2D eigenvalue weighted by atomic mass is 9.91. The smallest absolute Gasteiger partial charge is 0.377 e. The van der Waals surface area contributed by atoms with Crippen molar-refractivity contribution in [1.29, 1.82) is 0 Å². The molecule has 0 rings (SSSR count). The van der Waals surface area contributed by atoms with Gasteiger partial charge in [-0.25, -0.2) is 0 Å². The number of hydrogen-bond donors (Lipinski definition) is 1. The Hall–Kier alpha value is 0.0569. The highest BCUT2D eigenvalue weighted by Crippen LogP contribution is 2.24. The van der Waals surface area contributed by atoms with E-state index in [1.54, 1.807) is 21.3 Å². The van der Waals surface area contributed by atoms with Crippen LogP contribution in [0, 0.1) is 0 Å². The zero-order valence-corrected chi connectivity index (χ0v) is 11.6. The van der Waals surface area contributed by atoms with Gasteiger partial charge >= 0.3 is 8.80 Å². The van der Waals surface area contributed by atoms with Crippen LogP contribution in [-0.4, -0.2) is 35.7 Å². The predicted molar refractivity (Wildman–Crippen MR) is 63.7 cm³/mol. The highest BCUT2D eigenvalue weighted by atomic mass is 28.4. The summed E-state index contributed by atoms with van der Waals surface area (Å²) >= 11 is 0. The summed E-state index contributed by atoms with van der Waals surface area (Å²) < 4.78 is 16.1. The van der Waals surface area contributed by atoms with Crippen molar-refractivity contribution in [2.45, 2.75) is 44.7 Å². The first-order valence-electron chi connectivity index (χ1n) is 5.45. The van der Waals surface area contributed by atoms with Gasteiger partial charge in [-0.2, -0.15) is 0 Å². The van der Waals surface area contributed by atoms with Gasteiger partial charge in [-0.3, -0.25) is 0 Å². The maximum Gasteiger partial charge on any atom is 0.500 e. The van der Waals surface area contributed by atoms with Crippen LogP contribution in [0.1, 0.15) is 33.1 Å². The van der Waals surface area contributed by atoms with Crippen LogP contribution < -0.4 is 5.73 Å². The lowest BCUT2D eigenvalue weighted by Crippen LogP contribution is -2.47. The van der Waals surface area contributed by atoms with Crippen LogP contribution in [0.15, 0.2) is 0 Å². The van der Waals surface area contributed by atoms with E-state index in [0.717, 1.165) is 25.3 Å². The van der Waals surface area contributed by atoms with E-state index in [9.17, 15) is 0 Å². The molecule has 0 aliphatic carbocycles. The second-order valence-electron chi connectivity index (χ2n) is 3.86. The van der Waals surface area contributed by atoms with E-state index in [4.69, 9.17) is 19.0 Å². The lowest BCUT2D eigenvalue weighted by Gasteiger charge is -2.31. The minimum atomic E-state index is -2.44. The molecule has 0 amide bonds. The third-order valence-corrected chi connectivity index (χ3v) is 6.00. The quantitative estimate of drug-likeness (QED) is 0.652. The van der Waals surface area contributed by atoms with Crippen LogP contribution in [0.2, 0.25) is 6.04 Å². The molecular weight excluding hydrogens is 210 g/mol. The highest BCUT2D eigenvalue weighted by molar-refractivity contribution is 6.60. The van der Waals surface area contributed by atoms with Crippen LogP contribution in [0.3, 0.4) is 0 Å². The maximum atomic E-state index is 6.22. The maximum absolute atomic E-state index is 6.22. The van der Waals surface area contributed by atoms with Crippen LogP contribution in [0.25, 0.3) is 0 Å². The van der Waals surface area contributed by atoms with Crippen molar-refractivity contribution in [3.63, 3.8) is 0 Å². The van der Waals surface area contributed by atoms with Crippen LogP contribution in [-0.2, 0) is 13.3 Å². The summed E-state index contributed by atoms with van der Waals surface area (Å²) in [6.07, 6.45) is 2.80. The zero-order chi connectivity index (χ0) is 11.9. The summed E-state index contributed by atoms with van der Waals surface area (Å²) in [5, 5.41) is 0. The number of nitrogens with two attached hydrogens (primary N) is 1. The molecule has 0 radical (unpaired) electrons. The van der Waals surface area contributed by atoms with Gasteiger partial charge in [-0.1, -0.05) is 13.8 Å². The summed E-state index contributed by atoms with van der Waals surface area (Å²) in [5.74, 6) is 0. The molecule has 0 aromatic carbocycles. The first-order chi connectivity index (χ1) is 7.01. The van der Waals surface area contributed by atoms with E-state index in [1.807, 2.05) is 0 Å². The molecule has 0 aliphatic heterocycles. The minimum absolute atomic E-state index is 0.117. The molecule has 4 nitrogen and oxygen atoms in total. The Morgan fingerprint density at radius 2 is 1.40 bits per heavy atom. The first kappa shape index (κ1) is 15.1. The fraction of sp³-hybridized carbons (Fsp3) is 1.00. The van der Waals surface area contributed by atoms with Crippen molar-refractivity contribution in [2.24, 2.45) is 5.73 Å². The average Bonchev–Trinajstić information content (AvgIpc) is 2.31. The molecule has 0 heterocycles. The second-order valence-corrected chi connectivity index (χ2v) is 6.96. The molecule has 0 saturated carbocycles. The lowest BCUT2D eigenvalue weighted by molar-refractivity contribution is 0.120. The third-order valence-electron chi connectivity index (χ3n) is 3.27. The van der Waals surface area contributed by atoms with Crippen molar-refractivity contribution in [3.8, 4) is 0 Å². The van der Waals surface area contributed by atoms with Gasteiger partial charge in [0.25, 0.3) is 0 Å². The Labute approximate surface area is 94.5 Å². The van der Waals surface area contributed by atoms with E-state index in [2.05, 4.69) is 13.8 Å². The largest absolute Gasteiger partial charge is 0.500 e. The van der Waals surface area contributed by atoms with Crippen LogP contribution in [0.5, 0.6) is 0 Å². The van der Waals surface area contributed by atoms with Crippen molar-refractivity contribution < 1.29 is 13.3 Å².